The number of unbranched alkanes of at least 4 members (excludes halogenated alkanes) is 22. The summed E-state index contributed by atoms with van der Waals surface area (Å²) < 4.78 is 16.7. The lowest BCUT2D eigenvalue weighted by Crippen LogP contribution is -2.30. The summed E-state index contributed by atoms with van der Waals surface area (Å²) in [6.07, 6.45) is 63.8. The highest BCUT2D eigenvalue weighted by Gasteiger charge is 2.19. The zero-order valence-corrected chi connectivity index (χ0v) is 39.4. The molecule has 0 aromatic rings. The summed E-state index contributed by atoms with van der Waals surface area (Å²) in [5.74, 6) is -0.955. The minimum Gasteiger partial charge on any atom is -0.462 e. The van der Waals surface area contributed by atoms with Gasteiger partial charge in [0.05, 0.1) is 0 Å². The van der Waals surface area contributed by atoms with Gasteiger partial charge in [-0.15, -0.1) is 0 Å². The highest BCUT2D eigenvalue weighted by molar-refractivity contribution is 5.71. The molecule has 0 saturated carbocycles. The van der Waals surface area contributed by atoms with Gasteiger partial charge in [0, 0.05) is 19.3 Å². The molecule has 0 aromatic carbocycles. The van der Waals surface area contributed by atoms with E-state index in [2.05, 4.69) is 45.1 Å². The van der Waals surface area contributed by atoms with Crippen molar-refractivity contribution in [2.75, 3.05) is 13.2 Å². The summed E-state index contributed by atoms with van der Waals surface area (Å²) in [6, 6.07) is 0. The van der Waals surface area contributed by atoms with Crippen LogP contribution >= 0.6 is 0 Å². The lowest BCUT2D eigenvalue weighted by atomic mass is 10.0. The van der Waals surface area contributed by atoms with Crippen LogP contribution in [0.2, 0.25) is 0 Å². The van der Waals surface area contributed by atoms with Gasteiger partial charge in [-0.3, -0.25) is 14.4 Å². The third-order valence-corrected chi connectivity index (χ3v) is 10.3. The highest BCUT2D eigenvalue weighted by Crippen LogP contribution is 2.14. The Morgan fingerprint density at radius 2 is 0.672 bits per heavy atom. The van der Waals surface area contributed by atoms with Crippen LogP contribution in [0.4, 0.5) is 0 Å². The number of carbonyl (C=O) groups excluding carboxylic acids is 3. The Kier molecular flexibility index (Phi) is 46.0. The average Bonchev–Trinajstić information content (AvgIpc) is 3.26. The van der Waals surface area contributed by atoms with Crippen LogP contribution in [0, 0.1) is 0 Å². The maximum absolute atomic E-state index is 12.8. The molecule has 61 heavy (non-hydrogen) atoms. The molecule has 346 valence electrons. The third kappa shape index (κ3) is 47.2. The predicted octanol–water partition coefficient (Wildman–Crippen LogP) is 16.2. The van der Waals surface area contributed by atoms with Crippen LogP contribution in [0.15, 0.2) is 97.2 Å². The Hall–Kier alpha value is -3.67. The summed E-state index contributed by atoms with van der Waals surface area (Å²) in [7, 11) is 0. The molecule has 6 heteroatoms. The van der Waals surface area contributed by atoms with Crippen LogP contribution in [-0.4, -0.2) is 37.2 Å². The van der Waals surface area contributed by atoms with Gasteiger partial charge >= 0.3 is 17.9 Å². The third-order valence-electron chi connectivity index (χ3n) is 10.3. The molecule has 0 fully saturated rings. The molecule has 0 radical (unpaired) electrons. The number of hydrogen-bond donors (Lipinski definition) is 0. The standard InChI is InChI=1S/C55H90O6/c1-4-7-10-13-16-19-22-24-25-26-27-28-29-31-33-36-39-42-45-48-54(57)60-51-52(50-59-53(56)47-44-41-38-35-32-21-18-15-12-9-6-3)61-55(58)49-46-43-40-37-34-30-23-20-17-14-11-8-5-2/h7,10,13,15-16,18-19,22,24-29,31,33,52H,4-6,8-9,11-12,14,17,20-21,23,30,32,34-51H2,1-3H3/b10-7-,16-13-,18-15-,22-19-,25-24-,27-26+,29-28-,33-31-. The molecule has 0 aliphatic carbocycles. The first-order valence-corrected chi connectivity index (χ1v) is 24.8. The molecule has 0 saturated heterocycles. The van der Waals surface area contributed by atoms with E-state index < -0.39 is 6.10 Å². The Balaban J connectivity index is 4.49. The van der Waals surface area contributed by atoms with E-state index in [1.54, 1.807) is 0 Å². The van der Waals surface area contributed by atoms with Crippen LogP contribution < -0.4 is 0 Å². The smallest absolute Gasteiger partial charge is 0.306 e. The first-order chi connectivity index (χ1) is 30.0. The predicted molar refractivity (Wildman–Crippen MR) is 260 cm³/mol. The second kappa shape index (κ2) is 49.0. The van der Waals surface area contributed by atoms with Gasteiger partial charge < -0.3 is 14.2 Å². The van der Waals surface area contributed by atoms with Gasteiger partial charge in [-0.2, -0.15) is 0 Å². The molecule has 1 atom stereocenters. The molecule has 0 amide bonds. The van der Waals surface area contributed by atoms with Crippen molar-refractivity contribution in [2.24, 2.45) is 0 Å². The summed E-state index contributed by atoms with van der Waals surface area (Å²) >= 11 is 0. The van der Waals surface area contributed by atoms with E-state index >= 15 is 0 Å². The zero-order valence-electron chi connectivity index (χ0n) is 39.4. The SMILES string of the molecule is CC\C=C/C=C\C=C/C=C\C=C\C=C/C=C\CCCCCC(=O)OCC(COC(=O)CCCCCCC/C=C\CCCC)OC(=O)CCCCCCCCCCCCCCC. The molecular formula is C55H90O6. The lowest BCUT2D eigenvalue weighted by Gasteiger charge is -2.18. The number of ether oxygens (including phenoxy) is 3. The van der Waals surface area contributed by atoms with Crippen molar-refractivity contribution >= 4 is 17.9 Å². The van der Waals surface area contributed by atoms with E-state index in [0.717, 1.165) is 83.5 Å². The summed E-state index contributed by atoms with van der Waals surface area (Å²) in [6.45, 7) is 6.39. The molecule has 0 aliphatic heterocycles. The van der Waals surface area contributed by atoms with Crippen molar-refractivity contribution in [1.82, 2.24) is 0 Å². The first-order valence-electron chi connectivity index (χ1n) is 24.8. The van der Waals surface area contributed by atoms with Crippen molar-refractivity contribution in [1.29, 1.82) is 0 Å². The minimum absolute atomic E-state index is 0.0965. The van der Waals surface area contributed by atoms with Gasteiger partial charge in [0.25, 0.3) is 0 Å². The minimum atomic E-state index is -0.797. The van der Waals surface area contributed by atoms with Crippen LogP contribution in [0.1, 0.15) is 213 Å². The fourth-order valence-electron chi connectivity index (χ4n) is 6.52. The monoisotopic (exact) mass is 847 g/mol. The van der Waals surface area contributed by atoms with Crippen molar-refractivity contribution in [3.05, 3.63) is 97.2 Å². The quantitative estimate of drug-likeness (QED) is 0.0200. The molecule has 0 heterocycles. The van der Waals surface area contributed by atoms with Crippen molar-refractivity contribution in [2.45, 2.75) is 219 Å². The van der Waals surface area contributed by atoms with E-state index in [9.17, 15) is 14.4 Å². The van der Waals surface area contributed by atoms with Crippen molar-refractivity contribution in [3.8, 4) is 0 Å². The second-order valence-corrected chi connectivity index (χ2v) is 16.2. The molecule has 1 unspecified atom stereocenters. The van der Waals surface area contributed by atoms with Crippen molar-refractivity contribution < 1.29 is 28.6 Å². The Bertz CT molecular complexity index is 1250. The van der Waals surface area contributed by atoms with E-state index in [0.29, 0.717) is 19.3 Å². The lowest BCUT2D eigenvalue weighted by molar-refractivity contribution is -0.167. The van der Waals surface area contributed by atoms with Gasteiger partial charge in [0.15, 0.2) is 6.10 Å². The maximum atomic E-state index is 12.8. The van der Waals surface area contributed by atoms with E-state index in [-0.39, 0.29) is 31.1 Å². The molecular weight excluding hydrogens is 757 g/mol. The van der Waals surface area contributed by atoms with Gasteiger partial charge in [-0.25, -0.2) is 0 Å². The molecule has 0 rings (SSSR count). The number of carbonyl (C=O) groups is 3. The fraction of sp³-hybridized carbons (Fsp3) is 0.655. The molecule has 6 nitrogen and oxygen atoms in total. The van der Waals surface area contributed by atoms with E-state index in [1.165, 1.54) is 89.9 Å². The van der Waals surface area contributed by atoms with Crippen LogP contribution in [-0.2, 0) is 28.6 Å². The fourth-order valence-corrected chi connectivity index (χ4v) is 6.52. The number of allylic oxidation sites excluding steroid dienone is 16. The maximum Gasteiger partial charge on any atom is 0.306 e. The van der Waals surface area contributed by atoms with E-state index in [1.807, 2.05) is 72.9 Å². The summed E-state index contributed by atoms with van der Waals surface area (Å²) in [5, 5.41) is 0. The Labute approximate surface area is 375 Å². The summed E-state index contributed by atoms with van der Waals surface area (Å²) in [5.41, 5.74) is 0. The Morgan fingerprint density at radius 1 is 0.344 bits per heavy atom. The molecule has 0 spiro atoms. The number of esters is 3. The van der Waals surface area contributed by atoms with Gasteiger partial charge in [0.1, 0.15) is 13.2 Å². The molecule has 0 N–H and O–H groups in total. The molecule has 0 bridgehead atoms. The molecule has 0 aromatic heterocycles. The van der Waals surface area contributed by atoms with Gasteiger partial charge in [-0.1, -0.05) is 234 Å². The molecule has 0 aliphatic rings. The second-order valence-electron chi connectivity index (χ2n) is 16.2. The van der Waals surface area contributed by atoms with Gasteiger partial charge in [-0.05, 0) is 57.8 Å². The first kappa shape index (κ1) is 57.3. The number of hydrogen-bond acceptors (Lipinski definition) is 6. The van der Waals surface area contributed by atoms with Crippen LogP contribution in [0.25, 0.3) is 0 Å². The topological polar surface area (TPSA) is 78.9 Å². The van der Waals surface area contributed by atoms with Crippen LogP contribution in [0.3, 0.4) is 0 Å². The normalized spacial score (nSPS) is 12.9. The highest BCUT2D eigenvalue weighted by atomic mass is 16.6. The van der Waals surface area contributed by atoms with Crippen molar-refractivity contribution in [3.63, 3.8) is 0 Å². The largest absolute Gasteiger partial charge is 0.462 e. The zero-order chi connectivity index (χ0) is 44.4. The van der Waals surface area contributed by atoms with Gasteiger partial charge in [0.2, 0.25) is 0 Å². The Morgan fingerprint density at radius 3 is 1.11 bits per heavy atom. The van der Waals surface area contributed by atoms with E-state index in [4.69, 9.17) is 14.2 Å². The average molecular weight is 847 g/mol. The van der Waals surface area contributed by atoms with Crippen LogP contribution in [0.5, 0.6) is 0 Å². The number of rotatable bonds is 43. The summed E-state index contributed by atoms with van der Waals surface area (Å²) in [4.78, 5) is 37.9.